The molecule has 0 aromatic carbocycles. The number of furan rings is 1. The predicted octanol–water partition coefficient (Wildman–Crippen LogP) is 2.43. The number of unbranched alkanes of at least 4 members (excludes halogenated alkanes) is 1. The Morgan fingerprint density at radius 1 is 1.50 bits per heavy atom. The SMILES string of the molecule is CCCCNC(=O)c1c(C)coc1C. The largest absolute Gasteiger partial charge is 0.469 e. The van der Waals surface area contributed by atoms with Crippen LogP contribution in [0.25, 0.3) is 0 Å². The van der Waals surface area contributed by atoms with Crippen LogP contribution in [0.5, 0.6) is 0 Å². The molecular formula is C11H17NO2. The zero-order chi connectivity index (χ0) is 10.6. The Morgan fingerprint density at radius 3 is 2.71 bits per heavy atom. The van der Waals surface area contributed by atoms with E-state index in [1.165, 1.54) is 0 Å². The number of carbonyl (C=O) groups is 1. The first-order valence-corrected chi connectivity index (χ1v) is 4.99. The second-order valence-electron chi connectivity index (χ2n) is 3.46. The van der Waals surface area contributed by atoms with Crippen molar-refractivity contribution in [3.05, 3.63) is 23.2 Å². The lowest BCUT2D eigenvalue weighted by molar-refractivity contribution is 0.0951. The van der Waals surface area contributed by atoms with Crippen molar-refractivity contribution >= 4 is 5.91 Å². The summed E-state index contributed by atoms with van der Waals surface area (Å²) in [4.78, 5) is 11.7. The van der Waals surface area contributed by atoms with Crippen LogP contribution in [0, 0.1) is 13.8 Å². The van der Waals surface area contributed by atoms with Crippen molar-refractivity contribution in [2.45, 2.75) is 33.6 Å². The van der Waals surface area contributed by atoms with Crippen LogP contribution >= 0.6 is 0 Å². The zero-order valence-corrected chi connectivity index (χ0v) is 9.02. The number of aryl methyl sites for hydroxylation is 2. The summed E-state index contributed by atoms with van der Waals surface area (Å²) in [6, 6.07) is 0. The molecule has 0 unspecified atom stereocenters. The monoisotopic (exact) mass is 195 g/mol. The Morgan fingerprint density at radius 2 is 2.21 bits per heavy atom. The van der Waals surface area contributed by atoms with E-state index < -0.39 is 0 Å². The molecule has 0 aliphatic heterocycles. The molecule has 0 radical (unpaired) electrons. The van der Waals surface area contributed by atoms with E-state index in [0.717, 1.165) is 24.9 Å². The van der Waals surface area contributed by atoms with E-state index >= 15 is 0 Å². The van der Waals surface area contributed by atoms with Gasteiger partial charge in [0.2, 0.25) is 0 Å². The normalized spacial score (nSPS) is 10.2. The Bertz CT molecular complexity index is 296. The zero-order valence-electron chi connectivity index (χ0n) is 9.02. The van der Waals surface area contributed by atoms with Crippen molar-refractivity contribution in [1.29, 1.82) is 0 Å². The molecule has 1 aromatic rings. The van der Waals surface area contributed by atoms with E-state index in [4.69, 9.17) is 4.42 Å². The summed E-state index contributed by atoms with van der Waals surface area (Å²) < 4.78 is 5.16. The highest BCUT2D eigenvalue weighted by Crippen LogP contribution is 2.14. The van der Waals surface area contributed by atoms with Crippen LogP contribution in [-0.4, -0.2) is 12.5 Å². The first-order chi connectivity index (χ1) is 6.66. The average Bonchev–Trinajstić information content (AvgIpc) is 2.46. The minimum absolute atomic E-state index is 0.0257. The molecule has 0 aliphatic carbocycles. The Kier molecular flexibility index (Phi) is 3.74. The minimum atomic E-state index is -0.0257. The van der Waals surface area contributed by atoms with E-state index in [1.54, 1.807) is 6.26 Å². The molecular weight excluding hydrogens is 178 g/mol. The molecule has 0 fully saturated rings. The Hall–Kier alpha value is -1.25. The van der Waals surface area contributed by atoms with Crippen molar-refractivity contribution in [3.63, 3.8) is 0 Å². The number of amides is 1. The fraction of sp³-hybridized carbons (Fsp3) is 0.545. The average molecular weight is 195 g/mol. The van der Waals surface area contributed by atoms with Gasteiger partial charge in [-0.05, 0) is 20.3 Å². The number of hydrogen-bond donors (Lipinski definition) is 1. The molecule has 1 rings (SSSR count). The van der Waals surface area contributed by atoms with Crippen LogP contribution in [0.3, 0.4) is 0 Å². The second-order valence-corrected chi connectivity index (χ2v) is 3.46. The van der Waals surface area contributed by atoms with Crippen LogP contribution in [-0.2, 0) is 0 Å². The van der Waals surface area contributed by atoms with Gasteiger partial charge in [-0.25, -0.2) is 0 Å². The fourth-order valence-corrected chi connectivity index (χ4v) is 1.38. The molecule has 14 heavy (non-hydrogen) atoms. The lowest BCUT2D eigenvalue weighted by atomic mass is 10.1. The smallest absolute Gasteiger partial charge is 0.255 e. The van der Waals surface area contributed by atoms with Crippen LogP contribution in [0.2, 0.25) is 0 Å². The van der Waals surface area contributed by atoms with Crippen LogP contribution in [0.4, 0.5) is 0 Å². The van der Waals surface area contributed by atoms with E-state index in [-0.39, 0.29) is 5.91 Å². The number of nitrogens with one attached hydrogen (secondary N) is 1. The minimum Gasteiger partial charge on any atom is -0.469 e. The third-order valence-electron chi connectivity index (χ3n) is 2.20. The third kappa shape index (κ3) is 2.37. The summed E-state index contributed by atoms with van der Waals surface area (Å²) in [5.41, 5.74) is 1.58. The number of rotatable bonds is 4. The van der Waals surface area contributed by atoms with Gasteiger partial charge in [0, 0.05) is 12.1 Å². The van der Waals surface area contributed by atoms with Crippen molar-refractivity contribution < 1.29 is 9.21 Å². The molecule has 1 amide bonds. The van der Waals surface area contributed by atoms with Gasteiger partial charge in [0.05, 0.1) is 11.8 Å². The third-order valence-corrected chi connectivity index (χ3v) is 2.20. The van der Waals surface area contributed by atoms with Gasteiger partial charge < -0.3 is 9.73 Å². The van der Waals surface area contributed by atoms with Crippen LogP contribution < -0.4 is 5.32 Å². The van der Waals surface area contributed by atoms with Crippen molar-refractivity contribution in [3.8, 4) is 0 Å². The van der Waals surface area contributed by atoms with Crippen molar-refractivity contribution in [2.24, 2.45) is 0 Å². The van der Waals surface area contributed by atoms with Crippen LogP contribution in [0.15, 0.2) is 10.7 Å². The summed E-state index contributed by atoms with van der Waals surface area (Å²) >= 11 is 0. The predicted molar refractivity (Wildman–Crippen MR) is 55.4 cm³/mol. The van der Waals surface area contributed by atoms with Crippen molar-refractivity contribution in [2.75, 3.05) is 6.54 Å². The fourth-order valence-electron chi connectivity index (χ4n) is 1.38. The Labute approximate surface area is 84.5 Å². The van der Waals surface area contributed by atoms with E-state index in [1.807, 2.05) is 13.8 Å². The Balaban J connectivity index is 2.60. The van der Waals surface area contributed by atoms with Gasteiger partial charge >= 0.3 is 0 Å². The maximum Gasteiger partial charge on any atom is 0.255 e. The molecule has 3 heteroatoms. The lowest BCUT2D eigenvalue weighted by Gasteiger charge is -2.03. The summed E-state index contributed by atoms with van der Waals surface area (Å²) in [6.07, 6.45) is 3.72. The molecule has 0 aliphatic rings. The maximum atomic E-state index is 11.7. The standard InChI is InChI=1S/C11H17NO2/c1-4-5-6-12-11(13)10-8(2)7-14-9(10)3/h7H,4-6H2,1-3H3,(H,12,13). The molecule has 0 spiro atoms. The highest BCUT2D eigenvalue weighted by atomic mass is 16.3. The lowest BCUT2D eigenvalue weighted by Crippen LogP contribution is -2.25. The summed E-state index contributed by atoms with van der Waals surface area (Å²) in [7, 11) is 0. The van der Waals surface area contributed by atoms with Gasteiger partial charge in [0.25, 0.3) is 5.91 Å². The maximum absolute atomic E-state index is 11.7. The van der Waals surface area contributed by atoms with Gasteiger partial charge in [-0.15, -0.1) is 0 Å². The van der Waals surface area contributed by atoms with Gasteiger partial charge in [-0.3, -0.25) is 4.79 Å². The first-order valence-electron chi connectivity index (χ1n) is 4.99. The molecule has 1 aromatic heterocycles. The van der Waals surface area contributed by atoms with E-state index in [9.17, 15) is 4.79 Å². The molecule has 0 saturated carbocycles. The highest BCUT2D eigenvalue weighted by molar-refractivity contribution is 5.96. The van der Waals surface area contributed by atoms with Crippen LogP contribution in [0.1, 0.15) is 41.4 Å². The second kappa shape index (κ2) is 4.84. The van der Waals surface area contributed by atoms with Gasteiger partial charge in [-0.1, -0.05) is 13.3 Å². The number of carbonyl (C=O) groups excluding carboxylic acids is 1. The van der Waals surface area contributed by atoms with E-state index in [2.05, 4.69) is 12.2 Å². The molecule has 1 N–H and O–H groups in total. The van der Waals surface area contributed by atoms with Gasteiger partial charge in [-0.2, -0.15) is 0 Å². The molecule has 3 nitrogen and oxygen atoms in total. The topological polar surface area (TPSA) is 42.2 Å². The molecule has 1 heterocycles. The molecule has 78 valence electrons. The highest BCUT2D eigenvalue weighted by Gasteiger charge is 2.14. The molecule has 0 atom stereocenters. The van der Waals surface area contributed by atoms with Gasteiger partial charge in [0.15, 0.2) is 0 Å². The van der Waals surface area contributed by atoms with Gasteiger partial charge in [0.1, 0.15) is 5.76 Å². The van der Waals surface area contributed by atoms with Crippen molar-refractivity contribution in [1.82, 2.24) is 5.32 Å². The summed E-state index contributed by atoms with van der Waals surface area (Å²) in [5.74, 6) is 0.665. The first kappa shape index (κ1) is 10.8. The summed E-state index contributed by atoms with van der Waals surface area (Å²) in [6.45, 7) is 6.52. The number of hydrogen-bond acceptors (Lipinski definition) is 2. The van der Waals surface area contributed by atoms with E-state index in [0.29, 0.717) is 11.3 Å². The molecule has 0 saturated heterocycles. The molecule has 0 bridgehead atoms. The summed E-state index contributed by atoms with van der Waals surface area (Å²) in [5, 5.41) is 2.87. The quantitative estimate of drug-likeness (QED) is 0.750.